The maximum absolute atomic E-state index is 13.5. The van der Waals surface area contributed by atoms with Crippen molar-refractivity contribution < 1.29 is 18.0 Å². The molecule has 1 fully saturated rings. The Balaban J connectivity index is 1.36. The number of fused-ring (bicyclic) bond motifs is 2. The zero-order valence-electron chi connectivity index (χ0n) is 19.0. The Hall–Kier alpha value is -3.07. The number of aromatic nitrogens is 2. The molecule has 1 amide bonds. The first-order valence-corrected chi connectivity index (χ1v) is 12.3. The molecule has 1 saturated carbocycles. The number of aryl methyl sites for hydroxylation is 1. The summed E-state index contributed by atoms with van der Waals surface area (Å²) in [5.74, 6) is -0.172. The van der Waals surface area contributed by atoms with E-state index in [-0.39, 0.29) is 18.0 Å². The van der Waals surface area contributed by atoms with Crippen LogP contribution in [-0.4, -0.2) is 28.0 Å². The summed E-state index contributed by atoms with van der Waals surface area (Å²) in [4.78, 5) is 20.1. The Bertz CT molecular complexity index is 1420. The van der Waals surface area contributed by atoms with E-state index in [1.165, 1.54) is 0 Å². The number of carbonyl (C=O) groups is 1. The Kier molecular flexibility index (Phi) is 6.21. The first-order valence-electron chi connectivity index (χ1n) is 11.5. The lowest BCUT2D eigenvalue weighted by molar-refractivity contribution is -0.140. The highest BCUT2D eigenvalue weighted by atomic mass is 79.9. The number of nitrogens with one attached hydrogen (secondary N) is 3. The number of pyridine rings is 1. The minimum Gasteiger partial charge on any atom is -0.382 e. The van der Waals surface area contributed by atoms with E-state index in [1.54, 1.807) is 24.4 Å². The minimum atomic E-state index is -4.54. The second-order valence-electron chi connectivity index (χ2n) is 9.15. The van der Waals surface area contributed by atoms with E-state index < -0.39 is 11.9 Å². The molecule has 0 spiro atoms. The van der Waals surface area contributed by atoms with E-state index in [0.29, 0.717) is 28.6 Å². The van der Waals surface area contributed by atoms with Crippen LogP contribution >= 0.6 is 15.9 Å². The van der Waals surface area contributed by atoms with E-state index in [2.05, 4.69) is 36.5 Å². The van der Waals surface area contributed by atoms with Gasteiger partial charge in [0.25, 0.3) is 5.91 Å². The molecule has 2 heterocycles. The maximum Gasteiger partial charge on any atom is 0.433 e. The average Bonchev–Trinajstić information content (AvgIpc) is 3.26. The summed E-state index contributed by atoms with van der Waals surface area (Å²) >= 11 is 3.46. The number of hydrogen-bond acceptors (Lipinski definition) is 3. The summed E-state index contributed by atoms with van der Waals surface area (Å²) < 4.78 is 41.3. The van der Waals surface area contributed by atoms with Crippen LogP contribution in [-0.2, 0) is 6.18 Å². The van der Waals surface area contributed by atoms with Crippen molar-refractivity contribution in [2.45, 2.75) is 50.9 Å². The molecule has 2 atom stereocenters. The van der Waals surface area contributed by atoms with E-state index in [0.717, 1.165) is 46.3 Å². The van der Waals surface area contributed by atoms with Gasteiger partial charge in [-0.25, -0.2) is 4.98 Å². The number of halogens is 4. The molecule has 0 saturated heterocycles. The molecular weight excluding hydrogens is 521 g/mol. The fraction of sp³-hybridized carbons (Fsp3) is 0.308. The third-order valence-electron chi connectivity index (χ3n) is 6.49. The summed E-state index contributed by atoms with van der Waals surface area (Å²) in [5, 5.41) is 8.06. The monoisotopic (exact) mass is 544 g/mol. The third-order valence-corrected chi connectivity index (χ3v) is 6.95. The molecule has 4 aromatic rings. The van der Waals surface area contributed by atoms with Crippen molar-refractivity contribution in [1.29, 1.82) is 0 Å². The van der Waals surface area contributed by atoms with Crippen LogP contribution in [0.2, 0.25) is 0 Å². The molecule has 0 aliphatic heterocycles. The predicted octanol–water partition coefficient (Wildman–Crippen LogP) is 6.96. The van der Waals surface area contributed by atoms with Gasteiger partial charge >= 0.3 is 6.18 Å². The number of H-pyrrole nitrogens is 1. The Morgan fingerprint density at radius 3 is 2.71 bits per heavy atom. The second-order valence-corrected chi connectivity index (χ2v) is 10.1. The van der Waals surface area contributed by atoms with Crippen molar-refractivity contribution in [2.75, 3.05) is 5.32 Å². The maximum atomic E-state index is 13.5. The lowest BCUT2D eigenvalue weighted by Crippen LogP contribution is -2.42. The molecule has 1 unspecified atom stereocenters. The van der Waals surface area contributed by atoms with Crippen molar-refractivity contribution in [2.24, 2.45) is 0 Å². The number of hydrogen-bond donors (Lipinski definition) is 3. The number of rotatable bonds is 4. The third kappa shape index (κ3) is 5.00. The molecule has 3 N–H and O–H groups in total. The Labute approximate surface area is 208 Å². The predicted molar refractivity (Wildman–Crippen MR) is 135 cm³/mol. The number of benzene rings is 2. The van der Waals surface area contributed by atoms with Crippen LogP contribution in [0.15, 0.2) is 53.1 Å². The molecule has 35 heavy (non-hydrogen) atoms. The van der Waals surface area contributed by atoms with Crippen LogP contribution in [0, 0.1) is 6.92 Å². The van der Waals surface area contributed by atoms with Crippen molar-refractivity contribution in [3.05, 3.63) is 70.0 Å². The highest BCUT2D eigenvalue weighted by Crippen LogP contribution is 2.35. The van der Waals surface area contributed by atoms with Crippen LogP contribution in [0.5, 0.6) is 0 Å². The van der Waals surface area contributed by atoms with Gasteiger partial charge in [-0.15, -0.1) is 0 Å². The quantitative estimate of drug-likeness (QED) is 0.260. The number of aromatic amines is 1. The molecular formula is C26H24BrF3N4O. The molecule has 182 valence electrons. The van der Waals surface area contributed by atoms with Crippen LogP contribution in [0.25, 0.3) is 21.8 Å². The van der Waals surface area contributed by atoms with Crippen molar-refractivity contribution >= 4 is 49.3 Å². The Morgan fingerprint density at radius 2 is 1.91 bits per heavy atom. The summed E-state index contributed by atoms with van der Waals surface area (Å²) in [7, 11) is 0. The first-order chi connectivity index (χ1) is 16.7. The number of amides is 1. The van der Waals surface area contributed by atoms with Gasteiger partial charge in [0.2, 0.25) is 0 Å². The summed E-state index contributed by atoms with van der Waals surface area (Å²) in [6, 6.07) is 11.8. The zero-order chi connectivity index (χ0) is 24.7. The number of anilines is 1. The van der Waals surface area contributed by atoms with Gasteiger partial charge in [-0.05, 0) is 69.0 Å². The van der Waals surface area contributed by atoms with Gasteiger partial charge in [-0.2, -0.15) is 13.2 Å². The van der Waals surface area contributed by atoms with E-state index in [1.807, 2.05) is 25.1 Å². The highest BCUT2D eigenvalue weighted by Gasteiger charge is 2.34. The fourth-order valence-corrected chi connectivity index (χ4v) is 5.33. The summed E-state index contributed by atoms with van der Waals surface area (Å²) in [5.41, 5.74) is 2.08. The van der Waals surface area contributed by atoms with Gasteiger partial charge < -0.3 is 15.6 Å². The smallest absolute Gasteiger partial charge is 0.382 e. The minimum absolute atomic E-state index is 0.0748. The Morgan fingerprint density at radius 1 is 1.11 bits per heavy atom. The first kappa shape index (κ1) is 23.7. The number of alkyl halides is 3. The largest absolute Gasteiger partial charge is 0.433 e. The topological polar surface area (TPSA) is 69.8 Å². The van der Waals surface area contributed by atoms with Crippen LogP contribution in [0.1, 0.15) is 47.3 Å². The average molecular weight is 545 g/mol. The van der Waals surface area contributed by atoms with Gasteiger partial charge in [-0.3, -0.25) is 4.79 Å². The SMILES string of the molecule is Cc1ccc2nc(C(F)(F)F)cc(N[C@H]3CCCC(NC(=O)c4cc(Br)cc5cc[nH]c45)C3)c2c1. The van der Waals surface area contributed by atoms with Crippen molar-refractivity contribution in [3.8, 4) is 0 Å². The molecule has 2 aromatic heterocycles. The molecule has 1 aliphatic rings. The van der Waals surface area contributed by atoms with Gasteiger partial charge in [0, 0.05) is 39.2 Å². The molecule has 1 aliphatic carbocycles. The normalized spacial score (nSPS) is 18.7. The molecule has 0 radical (unpaired) electrons. The van der Waals surface area contributed by atoms with Gasteiger partial charge in [0.15, 0.2) is 0 Å². The molecule has 2 aromatic carbocycles. The lowest BCUT2D eigenvalue weighted by atomic mass is 9.90. The summed E-state index contributed by atoms with van der Waals surface area (Å²) in [6.07, 6.45) is 0.352. The zero-order valence-corrected chi connectivity index (χ0v) is 20.6. The molecule has 5 rings (SSSR count). The van der Waals surface area contributed by atoms with Gasteiger partial charge in [0.1, 0.15) is 5.69 Å². The van der Waals surface area contributed by atoms with Crippen LogP contribution in [0.4, 0.5) is 18.9 Å². The van der Waals surface area contributed by atoms with E-state index in [9.17, 15) is 18.0 Å². The van der Waals surface area contributed by atoms with E-state index in [4.69, 9.17) is 0 Å². The fourth-order valence-electron chi connectivity index (χ4n) is 4.85. The van der Waals surface area contributed by atoms with Crippen molar-refractivity contribution in [1.82, 2.24) is 15.3 Å². The molecule has 5 nitrogen and oxygen atoms in total. The standard InChI is InChI=1S/C26H24BrF3N4O/c1-14-5-6-21-19(9-14)22(13-23(34-21)26(28,29)30)32-17-3-2-4-18(12-17)33-25(35)20-11-16(27)10-15-7-8-31-24(15)20/h5-11,13,17-18,31H,2-4,12H2,1H3,(H,32,34)(H,33,35)/t17-,18?/m0/s1. The molecule has 9 heteroatoms. The van der Waals surface area contributed by atoms with E-state index >= 15 is 0 Å². The lowest BCUT2D eigenvalue weighted by Gasteiger charge is -2.31. The number of carbonyl (C=O) groups excluding carboxylic acids is 1. The van der Waals surface area contributed by atoms with Gasteiger partial charge in [0.05, 0.1) is 16.6 Å². The van der Waals surface area contributed by atoms with Gasteiger partial charge in [-0.1, -0.05) is 27.6 Å². The summed E-state index contributed by atoms with van der Waals surface area (Å²) in [6.45, 7) is 1.90. The highest BCUT2D eigenvalue weighted by molar-refractivity contribution is 9.10. The number of nitrogens with zero attached hydrogens (tertiary/aromatic N) is 1. The van der Waals surface area contributed by atoms with Crippen molar-refractivity contribution in [3.63, 3.8) is 0 Å². The molecule has 0 bridgehead atoms. The van der Waals surface area contributed by atoms with Crippen LogP contribution in [0.3, 0.4) is 0 Å². The van der Waals surface area contributed by atoms with Crippen LogP contribution < -0.4 is 10.6 Å². The second kappa shape index (κ2) is 9.18.